The van der Waals surface area contributed by atoms with E-state index in [1.165, 1.54) is 10.5 Å². The first kappa shape index (κ1) is 18.2. The fourth-order valence-corrected chi connectivity index (χ4v) is 3.59. The summed E-state index contributed by atoms with van der Waals surface area (Å²) in [6.45, 7) is 2.91. The summed E-state index contributed by atoms with van der Waals surface area (Å²) in [5, 5.41) is 5.80. The molecule has 26 heavy (non-hydrogen) atoms. The molecule has 7 nitrogen and oxygen atoms in total. The van der Waals surface area contributed by atoms with Gasteiger partial charge in [0.2, 0.25) is 5.91 Å². The molecule has 0 spiro atoms. The number of carbonyl (C=O) groups is 2. The number of piperidine rings is 1. The molecule has 2 N–H and O–H groups in total. The van der Waals surface area contributed by atoms with Gasteiger partial charge in [-0.3, -0.25) is 14.7 Å². The summed E-state index contributed by atoms with van der Waals surface area (Å²) in [6.07, 6.45) is 3.41. The van der Waals surface area contributed by atoms with E-state index in [9.17, 15) is 9.59 Å². The highest BCUT2D eigenvalue weighted by Gasteiger charge is 2.28. The van der Waals surface area contributed by atoms with Gasteiger partial charge in [0, 0.05) is 33.2 Å². The molecule has 1 aromatic carbocycles. The fraction of sp³-hybridized carbons (Fsp3) is 0.526. The number of benzene rings is 1. The first-order valence-electron chi connectivity index (χ1n) is 9.25. The lowest BCUT2D eigenvalue weighted by Gasteiger charge is -2.34. The number of nitrogens with zero attached hydrogens (tertiary/aromatic N) is 3. The van der Waals surface area contributed by atoms with Gasteiger partial charge in [-0.2, -0.15) is 0 Å². The van der Waals surface area contributed by atoms with Gasteiger partial charge >= 0.3 is 6.03 Å². The zero-order valence-electron chi connectivity index (χ0n) is 15.3. The average molecular weight is 357 g/mol. The van der Waals surface area contributed by atoms with Gasteiger partial charge in [0.1, 0.15) is 0 Å². The second-order valence-electron chi connectivity index (χ2n) is 6.80. The number of nitrogens with one attached hydrogen (secondary N) is 2. The number of imide groups is 1. The lowest BCUT2D eigenvalue weighted by Crippen LogP contribution is -2.48. The number of guanidine groups is 1. The Morgan fingerprint density at radius 1 is 1.23 bits per heavy atom. The molecule has 3 rings (SSSR count). The zero-order chi connectivity index (χ0) is 18.4. The van der Waals surface area contributed by atoms with Crippen molar-refractivity contribution in [2.75, 3.05) is 39.8 Å². The van der Waals surface area contributed by atoms with Gasteiger partial charge in [-0.25, -0.2) is 4.79 Å². The fourth-order valence-electron chi connectivity index (χ4n) is 3.59. The number of aliphatic imine (C=N–C) groups is 1. The molecular weight excluding hydrogens is 330 g/mol. The van der Waals surface area contributed by atoms with Crippen LogP contribution in [0.3, 0.4) is 0 Å². The molecule has 0 bridgehead atoms. The van der Waals surface area contributed by atoms with Crippen LogP contribution in [0, 0.1) is 5.92 Å². The predicted octanol–water partition coefficient (Wildman–Crippen LogP) is 1.07. The highest BCUT2D eigenvalue weighted by Crippen LogP contribution is 2.21. The summed E-state index contributed by atoms with van der Waals surface area (Å²) in [4.78, 5) is 31.0. The van der Waals surface area contributed by atoms with Crippen molar-refractivity contribution in [3.05, 3.63) is 35.9 Å². The molecule has 1 aromatic rings. The number of likely N-dealkylation sites (tertiary alicyclic amines) is 1. The quantitative estimate of drug-likeness (QED) is 0.469. The van der Waals surface area contributed by atoms with Gasteiger partial charge < -0.3 is 15.5 Å². The maximum atomic E-state index is 11.6. The molecule has 0 radical (unpaired) electrons. The van der Waals surface area contributed by atoms with Crippen LogP contribution >= 0.6 is 0 Å². The van der Waals surface area contributed by atoms with Crippen molar-refractivity contribution in [2.45, 2.75) is 19.3 Å². The molecule has 7 heteroatoms. The number of urea groups is 1. The molecule has 0 saturated carbocycles. The summed E-state index contributed by atoms with van der Waals surface area (Å²) >= 11 is 0. The van der Waals surface area contributed by atoms with Crippen molar-refractivity contribution in [2.24, 2.45) is 10.9 Å². The van der Waals surface area contributed by atoms with Crippen LogP contribution < -0.4 is 10.6 Å². The van der Waals surface area contributed by atoms with Gasteiger partial charge in [-0.05, 0) is 30.7 Å². The summed E-state index contributed by atoms with van der Waals surface area (Å²) in [7, 11) is 1.77. The van der Waals surface area contributed by atoms with Crippen LogP contribution in [0.5, 0.6) is 0 Å². The van der Waals surface area contributed by atoms with E-state index < -0.39 is 0 Å². The Bertz CT molecular complexity index is 637. The number of amides is 3. The standard InChI is InChI=1S/C19H27N5O2/c1-20-18(21-9-12-24-17(25)14-22-19(24)26)23-10-7-16(8-11-23)13-15-5-3-2-4-6-15/h2-6,16H,7-14H2,1H3,(H,20,21)(H,22,26). The van der Waals surface area contributed by atoms with Crippen LogP contribution in [0.4, 0.5) is 4.79 Å². The van der Waals surface area contributed by atoms with E-state index in [-0.39, 0.29) is 18.5 Å². The van der Waals surface area contributed by atoms with Gasteiger partial charge in [0.25, 0.3) is 0 Å². The van der Waals surface area contributed by atoms with Crippen molar-refractivity contribution < 1.29 is 9.59 Å². The third kappa shape index (κ3) is 4.53. The Hall–Kier alpha value is -2.57. The van der Waals surface area contributed by atoms with Crippen molar-refractivity contribution in [3.8, 4) is 0 Å². The molecule has 140 valence electrons. The molecule has 2 aliphatic rings. The second kappa shape index (κ2) is 8.69. The molecule has 0 aromatic heterocycles. The number of rotatable bonds is 5. The predicted molar refractivity (Wildman–Crippen MR) is 101 cm³/mol. The molecule has 2 saturated heterocycles. The zero-order valence-corrected chi connectivity index (χ0v) is 15.3. The smallest absolute Gasteiger partial charge is 0.324 e. The lowest BCUT2D eigenvalue weighted by molar-refractivity contribution is -0.124. The first-order valence-corrected chi connectivity index (χ1v) is 9.25. The van der Waals surface area contributed by atoms with Crippen LogP contribution in [-0.4, -0.2) is 67.5 Å². The molecule has 3 amide bonds. The van der Waals surface area contributed by atoms with Crippen molar-refractivity contribution in [3.63, 3.8) is 0 Å². The van der Waals surface area contributed by atoms with Crippen molar-refractivity contribution in [1.82, 2.24) is 20.4 Å². The van der Waals surface area contributed by atoms with Gasteiger partial charge in [-0.15, -0.1) is 0 Å². The Balaban J connectivity index is 1.42. The molecule has 2 fully saturated rings. The minimum absolute atomic E-state index is 0.0997. The Morgan fingerprint density at radius 3 is 2.58 bits per heavy atom. The Morgan fingerprint density at radius 2 is 1.96 bits per heavy atom. The maximum absolute atomic E-state index is 11.6. The van der Waals surface area contributed by atoms with Crippen LogP contribution in [-0.2, 0) is 11.2 Å². The van der Waals surface area contributed by atoms with Crippen LogP contribution in [0.25, 0.3) is 0 Å². The third-order valence-corrected chi connectivity index (χ3v) is 5.05. The monoisotopic (exact) mass is 357 g/mol. The van der Waals surface area contributed by atoms with E-state index in [1.807, 2.05) is 0 Å². The Labute approximate surface area is 154 Å². The van der Waals surface area contributed by atoms with Gasteiger partial charge in [0.15, 0.2) is 5.96 Å². The molecule has 2 aliphatic heterocycles. The van der Waals surface area contributed by atoms with E-state index in [4.69, 9.17) is 0 Å². The number of hydrogen-bond acceptors (Lipinski definition) is 3. The minimum atomic E-state index is -0.312. The highest BCUT2D eigenvalue weighted by atomic mass is 16.2. The van der Waals surface area contributed by atoms with E-state index in [2.05, 4.69) is 50.9 Å². The van der Waals surface area contributed by atoms with E-state index in [0.29, 0.717) is 19.0 Å². The van der Waals surface area contributed by atoms with Crippen LogP contribution in [0.2, 0.25) is 0 Å². The van der Waals surface area contributed by atoms with Gasteiger partial charge in [0.05, 0.1) is 6.54 Å². The largest absolute Gasteiger partial charge is 0.354 e. The van der Waals surface area contributed by atoms with Crippen molar-refractivity contribution >= 4 is 17.9 Å². The first-order chi connectivity index (χ1) is 12.7. The number of carbonyl (C=O) groups excluding carboxylic acids is 2. The van der Waals surface area contributed by atoms with Crippen LogP contribution in [0.15, 0.2) is 35.3 Å². The highest BCUT2D eigenvalue weighted by molar-refractivity contribution is 6.01. The molecule has 0 atom stereocenters. The van der Waals surface area contributed by atoms with Gasteiger partial charge in [-0.1, -0.05) is 30.3 Å². The molecule has 0 aliphatic carbocycles. The second-order valence-corrected chi connectivity index (χ2v) is 6.80. The number of hydrogen-bond donors (Lipinski definition) is 2. The summed E-state index contributed by atoms with van der Waals surface area (Å²) in [6, 6.07) is 10.3. The third-order valence-electron chi connectivity index (χ3n) is 5.05. The summed E-state index contributed by atoms with van der Waals surface area (Å²) < 4.78 is 0. The molecule has 0 unspecified atom stereocenters. The Kier molecular flexibility index (Phi) is 6.09. The molecule has 2 heterocycles. The lowest BCUT2D eigenvalue weighted by atomic mass is 9.90. The topological polar surface area (TPSA) is 77.0 Å². The summed E-state index contributed by atoms with van der Waals surface area (Å²) in [5.74, 6) is 1.38. The normalized spacial score (nSPS) is 19.0. The van der Waals surface area contributed by atoms with E-state index >= 15 is 0 Å². The SMILES string of the molecule is CN=C(NCCN1C(=O)CNC1=O)N1CCC(Cc2ccccc2)CC1. The van der Waals surface area contributed by atoms with Crippen LogP contribution in [0.1, 0.15) is 18.4 Å². The average Bonchev–Trinajstić information content (AvgIpc) is 2.99. The maximum Gasteiger partial charge on any atom is 0.324 e. The van der Waals surface area contributed by atoms with E-state index in [1.54, 1.807) is 7.05 Å². The summed E-state index contributed by atoms with van der Waals surface area (Å²) in [5.41, 5.74) is 1.40. The minimum Gasteiger partial charge on any atom is -0.354 e. The van der Waals surface area contributed by atoms with E-state index in [0.717, 1.165) is 38.3 Å². The van der Waals surface area contributed by atoms with Crippen molar-refractivity contribution in [1.29, 1.82) is 0 Å². The molecular formula is C19H27N5O2.